The van der Waals surface area contributed by atoms with Crippen molar-refractivity contribution in [2.75, 3.05) is 24.3 Å². The van der Waals surface area contributed by atoms with Crippen LogP contribution in [0.1, 0.15) is 16.7 Å². The third-order valence-electron chi connectivity index (χ3n) is 3.03. The molecular weight excluding hydrogens is 236 g/mol. The molecule has 0 bridgehead atoms. The van der Waals surface area contributed by atoms with Gasteiger partial charge in [-0.25, -0.2) is 4.98 Å². The SMILES string of the molecule is CNc1ncc(C)c(N(C)Cc2cccc(C)c2)n1. The highest BCUT2D eigenvalue weighted by Crippen LogP contribution is 2.19. The van der Waals surface area contributed by atoms with E-state index in [0.717, 1.165) is 17.9 Å². The van der Waals surface area contributed by atoms with Gasteiger partial charge >= 0.3 is 0 Å². The molecule has 1 aromatic carbocycles. The second-order valence-electron chi connectivity index (χ2n) is 4.80. The lowest BCUT2D eigenvalue weighted by molar-refractivity contribution is 0.882. The number of nitrogens with one attached hydrogen (secondary N) is 1. The molecule has 0 fully saturated rings. The molecule has 0 atom stereocenters. The molecule has 0 aliphatic rings. The van der Waals surface area contributed by atoms with Gasteiger partial charge in [-0.15, -0.1) is 0 Å². The van der Waals surface area contributed by atoms with Crippen LogP contribution in [0.3, 0.4) is 0 Å². The smallest absolute Gasteiger partial charge is 0.224 e. The molecule has 0 unspecified atom stereocenters. The molecule has 4 heteroatoms. The van der Waals surface area contributed by atoms with Gasteiger partial charge in [-0.05, 0) is 19.4 Å². The van der Waals surface area contributed by atoms with E-state index in [1.807, 2.05) is 20.2 Å². The number of hydrogen-bond donors (Lipinski definition) is 1. The van der Waals surface area contributed by atoms with Crippen LogP contribution >= 0.6 is 0 Å². The van der Waals surface area contributed by atoms with Gasteiger partial charge < -0.3 is 10.2 Å². The molecule has 100 valence electrons. The zero-order chi connectivity index (χ0) is 13.8. The fraction of sp³-hybridized carbons (Fsp3) is 0.333. The van der Waals surface area contributed by atoms with E-state index in [1.54, 1.807) is 0 Å². The van der Waals surface area contributed by atoms with Gasteiger partial charge in [-0.3, -0.25) is 0 Å². The Kier molecular flexibility index (Phi) is 4.00. The third-order valence-corrected chi connectivity index (χ3v) is 3.03. The number of aryl methyl sites for hydroxylation is 2. The molecule has 1 aromatic heterocycles. The predicted molar refractivity (Wildman–Crippen MR) is 79.6 cm³/mol. The summed E-state index contributed by atoms with van der Waals surface area (Å²) in [5.41, 5.74) is 3.64. The predicted octanol–water partition coefficient (Wildman–Crippen LogP) is 2.77. The van der Waals surface area contributed by atoms with Gasteiger partial charge in [0.25, 0.3) is 0 Å². The van der Waals surface area contributed by atoms with E-state index in [4.69, 9.17) is 0 Å². The van der Waals surface area contributed by atoms with Crippen molar-refractivity contribution < 1.29 is 0 Å². The van der Waals surface area contributed by atoms with Crippen molar-refractivity contribution in [2.24, 2.45) is 0 Å². The number of anilines is 2. The number of rotatable bonds is 4. The molecule has 0 radical (unpaired) electrons. The zero-order valence-electron chi connectivity index (χ0n) is 11.9. The van der Waals surface area contributed by atoms with Crippen molar-refractivity contribution in [3.63, 3.8) is 0 Å². The van der Waals surface area contributed by atoms with Crippen molar-refractivity contribution in [2.45, 2.75) is 20.4 Å². The second-order valence-corrected chi connectivity index (χ2v) is 4.80. The van der Waals surface area contributed by atoms with Crippen molar-refractivity contribution >= 4 is 11.8 Å². The number of aromatic nitrogens is 2. The highest BCUT2D eigenvalue weighted by atomic mass is 15.2. The minimum Gasteiger partial charge on any atom is -0.357 e. The van der Waals surface area contributed by atoms with Crippen molar-refractivity contribution in [3.8, 4) is 0 Å². The van der Waals surface area contributed by atoms with Crippen LogP contribution in [-0.2, 0) is 6.54 Å². The molecule has 2 rings (SSSR count). The molecule has 0 spiro atoms. The van der Waals surface area contributed by atoms with Gasteiger partial charge in [-0.1, -0.05) is 29.8 Å². The van der Waals surface area contributed by atoms with E-state index in [-0.39, 0.29) is 0 Å². The van der Waals surface area contributed by atoms with Crippen LogP contribution in [0, 0.1) is 13.8 Å². The first-order valence-electron chi connectivity index (χ1n) is 6.38. The molecular formula is C15H20N4. The molecule has 1 heterocycles. The highest BCUT2D eigenvalue weighted by Gasteiger charge is 2.09. The summed E-state index contributed by atoms with van der Waals surface area (Å²) in [4.78, 5) is 10.9. The van der Waals surface area contributed by atoms with E-state index in [2.05, 4.69) is 58.4 Å². The summed E-state index contributed by atoms with van der Waals surface area (Å²) in [6.07, 6.45) is 1.85. The normalized spacial score (nSPS) is 10.3. The molecule has 0 amide bonds. The van der Waals surface area contributed by atoms with Crippen LogP contribution in [0.2, 0.25) is 0 Å². The number of hydrogen-bond acceptors (Lipinski definition) is 4. The van der Waals surface area contributed by atoms with Crippen molar-refractivity contribution in [1.82, 2.24) is 9.97 Å². The van der Waals surface area contributed by atoms with Gasteiger partial charge in [0, 0.05) is 32.4 Å². The fourth-order valence-electron chi connectivity index (χ4n) is 2.10. The Balaban J connectivity index is 2.22. The first kappa shape index (κ1) is 13.3. The molecule has 0 aliphatic carbocycles. The van der Waals surface area contributed by atoms with Gasteiger partial charge in [-0.2, -0.15) is 4.98 Å². The fourth-order valence-corrected chi connectivity index (χ4v) is 2.10. The van der Waals surface area contributed by atoms with Gasteiger partial charge in [0.15, 0.2) is 0 Å². The molecule has 0 saturated heterocycles. The van der Waals surface area contributed by atoms with Gasteiger partial charge in [0.2, 0.25) is 5.95 Å². The van der Waals surface area contributed by atoms with Crippen LogP contribution in [0.15, 0.2) is 30.5 Å². The standard InChI is InChI=1S/C15H20N4/c1-11-6-5-7-13(8-11)10-19(4)14-12(2)9-17-15(16-3)18-14/h5-9H,10H2,1-4H3,(H,16,17,18). The average molecular weight is 256 g/mol. The van der Waals surface area contributed by atoms with Crippen molar-refractivity contribution in [1.29, 1.82) is 0 Å². The monoisotopic (exact) mass is 256 g/mol. The van der Waals surface area contributed by atoms with E-state index >= 15 is 0 Å². The van der Waals surface area contributed by atoms with Crippen LogP contribution < -0.4 is 10.2 Å². The maximum atomic E-state index is 4.51. The Morgan fingerprint density at radius 1 is 1.26 bits per heavy atom. The lowest BCUT2D eigenvalue weighted by atomic mass is 10.1. The van der Waals surface area contributed by atoms with Crippen LogP contribution in [0.5, 0.6) is 0 Å². The highest BCUT2D eigenvalue weighted by molar-refractivity contribution is 5.48. The lowest BCUT2D eigenvalue weighted by Crippen LogP contribution is -2.19. The first-order chi connectivity index (χ1) is 9.10. The maximum Gasteiger partial charge on any atom is 0.224 e. The molecule has 1 N–H and O–H groups in total. The Bertz CT molecular complexity index is 566. The quantitative estimate of drug-likeness (QED) is 0.913. The van der Waals surface area contributed by atoms with Crippen molar-refractivity contribution in [3.05, 3.63) is 47.2 Å². The summed E-state index contributed by atoms with van der Waals surface area (Å²) in [6.45, 7) is 4.97. The van der Waals surface area contributed by atoms with E-state index in [0.29, 0.717) is 5.95 Å². The largest absolute Gasteiger partial charge is 0.357 e. The van der Waals surface area contributed by atoms with Gasteiger partial charge in [0.05, 0.1) is 0 Å². The molecule has 0 aliphatic heterocycles. The maximum absolute atomic E-state index is 4.51. The molecule has 0 saturated carbocycles. The Morgan fingerprint density at radius 2 is 2.05 bits per heavy atom. The van der Waals surface area contributed by atoms with Crippen LogP contribution in [0.25, 0.3) is 0 Å². The number of benzene rings is 1. The minimum atomic E-state index is 0.650. The summed E-state index contributed by atoms with van der Waals surface area (Å²) in [5, 5.41) is 2.97. The van der Waals surface area contributed by atoms with Crippen LogP contribution in [-0.4, -0.2) is 24.1 Å². The lowest BCUT2D eigenvalue weighted by Gasteiger charge is -2.20. The average Bonchev–Trinajstić information content (AvgIpc) is 2.39. The minimum absolute atomic E-state index is 0.650. The third kappa shape index (κ3) is 3.22. The summed E-state index contributed by atoms with van der Waals surface area (Å²) >= 11 is 0. The van der Waals surface area contributed by atoms with E-state index in [1.165, 1.54) is 11.1 Å². The van der Waals surface area contributed by atoms with E-state index < -0.39 is 0 Å². The Hall–Kier alpha value is -2.10. The van der Waals surface area contributed by atoms with Gasteiger partial charge in [0.1, 0.15) is 5.82 Å². The number of nitrogens with zero attached hydrogens (tertiary/aromatic N) is 3. The summed E-state index contributed by atoms with van der Waals surface area (Å²) in [5.74, 6) is 1.61. The first-order valence-corrected chi connectivity index (χ1v) is 6.38. The Morgan fingerprint density at radius 3 is 2.74 bits per heavy atom. The second kappa shape index (κ2) is 5.69. The molecule has 19 heavy (non-hydrogen) atoms. The van der Waals surface area contributed by atoms with Crippen LogP contribution in [0.4, 0.5) is 11.8 Å². The Labute approximate surface area is 114 Å². The molecule has 2 aromatic rings. The topological polar surface area (TPSA) is 41.1 Å². The summed E-state index contributed by atoms with van der Waals surface area (Å²) < 4.78 is 0. The molecule has 4 nitrogen and oxygen atoms in total. The summed E-state index contributed by atoms with van der Waals surface area (Å²) in [7, 11) is 3.88. The van der Waals surface area contributed by atoms with E-state index in [9.17, 15) is 0 Å². The summed E-state index contributed by atoms with van der Waals surface area (Å²) in [6, 6.07) is 8.54. The zero-order valence-corrected chi connectivity index (χ0v) is 11.9.